The van der Waals surface area contributed by atoms with Gasteiger partial charge in [0.15, 0.2) is 5.13 Å². The second kappa shape index (κ2) is 8.68. The van der Waals surface area contributed by atoms with E-state index in [4.69, 9.17) is 0 Å². The van der Waals surface area contributed by atoms with Gasteiger partial charge in [-0.1, -0.05) is 12.1 Å². The van der Waals surface area contributed by atoms with Crippen LogP contribution < -0.4 is 5.32 Å². The van der Waals surface area contributed by atoms with E-state index in [1.807, 2.05) is 10.3 Å². The average Bonchev–Trinajstić information content (AvgIpc) is 3.52. The lowest BCUT2D eigenvalue weighted by molar-refractivity contribution is -0.135. The summed E-state index contributed by atoms with van der Waals surface area (Å²) in [6.07, 6.45) is 3.54. The van der Waals surface area contributed by atoms with Crippen molar-refractivity contribution in [2.45, 2.75) is 30.6 Å². The summed E-state index contributed by atoms with van der Waals surface area (Å²) < 4.78 is 25.6. The number of hydrogen-bond donors (Lipinski definition) is 1. The fraction of sp³-hybridized carbons (Fsp3) is 0.476. The van der Waals surface area contributed by atoms with Crippen LogP contribution in [-0.4, -0.2) is 61.6 Å². The van der Waals surface area contributed by atoms with Crippen molar-refractivity contribution < 1.29 is 18.0 Å². The first-order valence-electron chi connectivity index (χ1n) is 10.3. The highest BCUT2D eigenvalue weighted by Gasteiger charge is 2.36. The van der Waals surface area contributed by atoms with E-state index in [0.717, 1.165) is 37.8 Å². The van der Waals surface area contributed by atoms with E-state index in [1.165, 1.54) is 29.7 Å². The van der Waals surface area contributed by atoms with Gasteiger partial charge >= 0.3 is 0 Å². The zero-order valence-electron chi connectivity index (χ0n) is 17.6. The maximum atomic E-state index is 12.7. The van der Waals surface area contributed by atoms with Crippen molar-refractivity contribution in [3.05, 3.63) is 29.6 Å². The van der Waals surface area contributed by atoms with Crippen LogP contribution in [0.15, 0.2) is 34.5 Å². The summed E-state index contributed by atoms with van der Waals surface area (Å²) in [5.74, 6) is 0.0251. The molecule has 1 aromatic carbocycles. The lowest BCUT2D eigenvalue weighted by atomic mass is 9.97. The number of carbonyl (C=O) groups is 2. The Morgan fingerprint density at radius 1 is 1.13 bits per heavy atom. The van der Waals surface area contributed by atoms with E-state index in [2.05, 4.69) is 10.3 Å². The lowest BCUT2D eigenvalue weighted by Gasteiger charge is -2.32. The molecule has 0 bridgehead atoms. The Labute approximate surface area is 186 Å². The molecule has 2 fully saturated rings. The fourth-order valence-corrected chi connectivity index (χ4v) is 5.28. The molecule has 1 aromatic heterocycles. The Bertz CT molecular complexity index is 1080. The van der Waals surface area contributed by atoms with E-state index in [9.17, 15) is 18.0 Å². The monoisotopic (exact) mass is 462 g/mol. The number of benzene rings is 1. The third-order valence-electron chi connectivity index (χ3n) is 5.69. The summed E-state index contributed by atoms with van der Waals surface area (Å²) >= 11 is 1.32. The molecule has 8 nitrogen and oxygen atoms in total. The number of hydrogen-bond acceptors (Lipinski definition) is 6. The molecule has 2 aromatic rings. The van der Waals surface area contributed by atoms with Crippen molar-refractivity contribution in [3.8, 4) is 11.3 Å². The minimum absolute atomic E-state index is 0.110. The van der Waals surface area contributed by atoms with Crippen molar-refractivity contribution in [2.75, 3.05) is 32.5 Å². The molecular formula is C21H26N4O4S2. The van der Waals surface area contributed by atoms with E-state index in [-0.39, 0.29) is 28.5 Å². The standard InChI is InChI=1S/C21H26N4O4S2/c1-24(2)31(28,29)17-9-7-14(8-10-17)18-13-30-21(22-18)23-19(26)16-4-3-11-25(12-16)20(27)15-5-6-15/h7-10,13,15-16H,3-6,11-12H2,1-2H3,(H,22,23,26). The van der Waals surface area contributed by atoms with E-state index < -0.39 is 10.0 Å². The molecule has 2 aliphatic rings. The van der Waals surface area contributed by atoms with Gasteiger partial charge in [0.1, 0.15) is 0 Å². The van der Waals surface area contributed by atoms with Crippen LogP contribution >= 0.6 is 11.3 Å². The zero-order valence-corrected chi connectivity index (χ0v) is 19.2. The number of carbonyl (C=O) groups excluding carboxylic acids is 2. The summed E-state index contributed by atoms with van der Waals surface area (Å²) in [5, 5.41) is 5.21. The number of rotatable bonds is 6. The molecule has 1 atom stereocenters. The second-order valence-corrected chi connectivity index (χ2v) is 11.2. The predicted octanol–water partition coefficient (Wildman–Crippen LogP) is 2.65. The number of sulfonamides is 1. The molecular weight excluding hydrogens is 436 g/mol. The maximum Gasteiger partial charge on any atom is 0.242 e. The first-order chi connectivity index (χ1) is 14.8. The fourth-order valence-electron chi connectivity index (χ4n) is 3.66. The quantitative estimate of drug-likeness (QED) is 0.711. The molecule has 1 N–H and O–H groups in total. The highest BCUT2D eigenvalue weighted by molar-refractivity contribution is 7.89. The number of likely N-dealkylation sites (tertiary alicyclic amines) is 1. The zero-order chi connectivity index (χ0) is 22.2. The Hall–Kier alpha value is -2.30. The van der Waals surface area contributed by atoms with Crippen molar-refractivity contribution in [3.63, 3.8) is 0 Å². The van der Waals surface area contributed by atoms with Gasteiger partial charge in [-0.2, -0.15) is 0 Å². The maximum absolute atomic E-state index is 12.7. The van der Waals surface area contributed by atoms with Crippen molar-refractivity contribution >= 4 is 38.3 Å². The van der Waals surface area contributed by atoms with Crippen molar-refractivity contribution in [2.24, 2.45) is 11.8 Å². The van der Waals surface area contributed by atoms with Crippen LogP contribution in [0, 0.1) is 11.8 Å². The molecule has 1 unspecified atom stereocenters. The van der Waals surface area contributed by atoms with Crippen molar-refractivity contribution in [1.82, 2.24) is 14.2 Å². The minimum Gasteiger partial charge on any atom is -0.342 e. The van der Waals surface area contributed by atoms with Gasteiger partial charge in [0.05, 0.1) is 16.5 Å². The van der Waals surface area contributed by atoms with Crippen LogP contribution in [0.4, 0.5) is 5.13 Å². The first-order valence-corrected chi connectivity index (χ1v) is 12.7. The number of aromatic nitrogens is 1. The summed E-state index contributed by atoms with van der Waals surface area (Å²) in [5.41, 5.74) is 1.44. The van der Waals surface area contributed by atoms with E-state index in [0.29, 0.717) is 17.4 Å². The summed E-state index contributed by atoms with van der Waals surface area (Å²) in [6.45, 7) is 1.21. The number of nitrogens with zero attached hydrogens (tertiary/aromatic N) is 3. The van der Waals surface area contributed by atoms with Gasteiger partial charge in [-0.05, 0) is 37.8 Å². The number of amides is 2. The number of thiazole rings is 1. The molecule has 1 aliphatic carbocycles. The summed E-state index contributed by atoms with van der Waals surface area (Å²) in [7, 11) is -0.497. The van der Waals surface area contributed by atoms with Gasteiger partial charge in [-0.15, -0.1) is 11.3 Å². The largest absolute Gasteiger partial charge is 0.342 e. The van der Waals surface area contributed by atoms with E-state index >= 15 is 0 Å². The van der Waals surface area contributed by atoms with Crippen molar-refractivity contribution in [1.29, 1.82) is 0 Å². The second-order valence-electron chi connectivity index (χ2n) is 8.24. The summed E-state index contributed by atoms with van der Waals surface area (Å²) in [4.78, 5) is 31.6. The lowest BCUT2D eigenvalue weighted by Crippen LogP contribution is -2.44. The third-order valence-corrected chi connectivity index (χ3v) is 8.28. The van der Waals surface area contributed by atoms with Gasteiger partial charge < -0.3 is 10.2 Å². The van der Waals surface area contributed by atoms with Crippen LogP contribution in [0.1, 0.15) is 25.7 Å². The Balaban J connectivity index is 1.39. The highest BCUT2D eigenvalue weighted by Crippen LogP contribution is 2.33. The van der Waals surface area contributed by atoms with Crippen LogP contribution in [0.2, 0.25) is 0 Å². The molecule has 166 valence electrons. The smallest absolute Gasteiger partial charge is 0.242 e. The van der Waals surface area contributed by atoms with Gasteiger partial charge in [0.25, 0.3) is 0 Å². The SMILES string of the molecule is CN(C)S(=O)(=O)c1ccc(-c2csc(NC(=O)C3CCCN(C(=O)C4CC4)C3)n2)cc1. The van der Waals surface area contributed by atoms with Crippen LogP contribution in [0.5, 0.6) is 0 Å². The molecule has 0 radical (unpaired) electrons. The molecule has 1 saturated carbocycles. The Kier molecular flexibility index (Phi) is 6.14. The Morgan fingerprint density at radius 2 is 1.84 bits per heavy atom. The molecule has 1 saturated heterocycles. The average molecular weight is 463 g/mol. The number of anilines is 1. The Morgan fingerprint density at radius 3 is 2.48 bits per heavy atom. The first kappa shape index (κ1) is 21.9. The molecule has 10 heteroatoms. The van der Waals surface area contributed by atoms with Gasteiger partial charge in [-0.25, -0.2) is 17.7 Å². The predicted molar refractivity (Wildman–Crippen MR) is 119 cm³/mol. The van der Waals surface area contributed by atoms with Gasteiger partial charge in [-0.3, -0.25) is 9.59 Å². The van der Waals surface area contributed by atoms with Crippen LogP contribution in [0.25, 0.3) is 11.3 Å². The molecule has 1 aliphatic heterocycles. The molecule has 2 amide bonds. The van der Waals surface area contributed by atoms with Crippen LogP contribution in [0.3, 0.4) is 0 Å². The van der Waals surface area contributed by atoms with Gasteiger partial charge in [0, 0.05) is 44.0 Å². The molecule has 31 heavy (non-hydrogen) atoms. The van der Waals surface area contributed by atoms with Gasteiger partial charge in [0.2, 0.25) is 21.8 Å². The molecule has 2 heterocycles. The normalized spacial score (nSPS) is 19.5. The highest BCUT2D eigenvalue weighted by atomic mass is 32.2. The number of nitrogens with one attached hydrogen (secondary N) is 1. The van der Waals surface area contributed by atoms with Crippen LogP contribution in [-0.2, 0) is 19.6 Å². The number of piperidine rings is 1. The molecule has 4 rings (SSSR count). The summed E-state index contributed by atoms with van der Waals surface area (Å²) in [6, 6.07) is 6.52. The minimum atomic E-state index is -3.48. The van der Waals surface area contributed by atoms with E-state index in [1.54, 1.807) is 24.3 Å². The molecule has 0 spiro atoms. The third kappa shape index (κ3) is 4.81. The topological polar surface area (TPSA) is 99.7 Å².